The maximum Gasteiger partial charge on any atom is 0.339 e. The maximum atomic E-state index is 13.1. The number of carbonyl (C=O) groups is 1. The van der Waals surface area contributed by atoms with E-state index in [1.54, 1.807) is 0 Å². The fourth-order valence-electron chi connectivity index (χ4n) is 2.28. The number of hydrogen-bond acceptors (Lipinski definition) is 4. The molecule has 0 atom stereocenters. The summed E-state index contributed by atoms with van der Waals surface area (Å²) in [4.78, 5) is 19.3. The van der Waals surface area contributed by atoms with Gasteiger partial charge in [-0.2, -0.15) is 0 Å². The molecular formula is C14H11FN2O3. The molecule has 0 radical (unpaired) electrons. The molecule has 2 aromatic rings. The van der Waals surface area contributed by atoms with Crippen LogP contribution in [0.15, 0.2) is 24.5 Å². The highest BCUT2D eigenvalue weighted by Gasteiger charge is 2.20. The number of ether oxygens (including phenoxy) is 1. The van der Waals surface area contributed by atoms with E-state index in [4.69, 9.17) is 9.84 Å². The molecule has 0 saturated heterocycles. The Hall–Kier alpha value is -2.50. The molecule has 5 nitrogen and oxygen atoms in total. The van der Waals surface area contributed by atoms with E-state index in [1.165, 1.54) is 12.4 Å². The zero-order chi connectivity index (χ0) is 14.1. The van der Waals surface area contributed by atoms with E-state index in [0.29, 0.717) is 5.88 Å². The molecule has 20 heavy (non-hydrogen) atoms. The number of halogens is 1. The van der Waals surface area contributed by atoms with Gasteiger partial charge in [0, 0.05) is 5.56 Å². The molecule has 0 amide bonds. The van der Waals surface area contributed by atoms with Gasteiger partial charge in [-0.1, -0.05) is 0 Å². The first-order valence-corrected chi connectivity index (χ1v) is 6.18. The van der Waals surface area contributed by atoms with Crippen molar-refractivity contribution in [3.8, 4) is 11.6 Å². The number of hydrogen-bond donors (Lipinski definition) is 1. The Bertz CT molecular complexity index is 688. The van der Waals surface area contributed by atoms with Gasteiger partial charge in [0.2, 0.25) is 5.88 Å². The van der Waals surface area contributed by atoms with Crippen LogP contribution in [-0.2, 0) is 12.8 Å². The molecule has 0 unspecified atom stereocenters. The van der Waals surface area contributed by atoms with E-state index in [1.807, 2.05) is 0 Å². The molecule has 0 saturated carbocycles. The maximum absolute atomic E-state index is 13.1. The summed E-state index contributed by atoms with van der Waals surface area (Å²) in [5, 5.41) is 9.08. The van der Waals surface area contributed by atoms with E-state index >= 15 is 0 Å². The summed E-state index contributed by atoms with van der Waals surface area (Å²) in [6.45, 7) is 0. The number of nitrogens with zero attached hydrogens (tertiary/aromatic N) is 2. The Morgan fingerprint density at radius 2 is 2.15 bits per heavy atom. The SMILES string of the molecule is O=C(O)c1cc(F)ccc1Oc1ncnc2c1CCC2. The van der Waals surface area contributed by atoms with Crippen molar-refractivity contribution in [2.45, 2.75) is 19.3 Å². The van der Waals surface area contributed by atoms with Gasteiger partial charge in [0.05, 0.1) is 5.69 Å². The van der Waals surface area contributed by atoms with Crippen molar-refractivity contribution < 1.29 is 19.0 Å². The normalized spacial score (nSPS) is 13.1. The van der Waals surface area contributed by atoms with Gasteiger partial charge in [-0.15, -0.1) is 0 Å². The van der Waals surface area contributed by atoms with Crippen LogP contribution in [0.3, 0.4) is 0 Å². The van der Waals surface area contributed by atoms with Crippen LogP contribution in [0.4, 0.5) is 4.39 Å². The van der Waals surface area contributed by atoms with Crippen molar-refractivity contribution in [3.63, 3.8) is 0 Å². The van der Waals surface area contributed by atoms with Gasteiger partial charge < -0.3 is 9.84 Å². The second kappa shape index (κ2) is 4.88. The van der Waals surface area contributed by atoms with Crippen LogP contribution in [0.2, 0.25) is 0 Å². The van der Waals surface area contributed by atoms with E-state index in [2.05, 4.69) is 9.97 Å². The van der Waals surface area contributed by atoms with Gasteiger partial charge >= 0.3 is 5.97 Å². The number of aromatic carboxylic acids is 1. The summed E-state index contributed by atoms with van der Waals surface area (Å²) in [6.07, 6.45) is 4.03. The molecule has 1 N–H and O–H groups in total. The highest BCUT2D eigenvalue weighted by molar-refractivity contribution is 5.91. The highest BCUT2D eigenvalue weighted by atomic mass is 19.1. The first-order chi connectivity index (χ1) is 9.65. The third kappa shape index (κ3) is 2.20. The molecule has 0 fully saturated rings. The molecule has 3 rings (SSSR count). The standard InChI is InChI=1S/C14H11FN2O3/c15-8-4-5-12(10(6-8)14(18)19)20-13-9-2-1-3-11(9)16-7-17-13/h4-7H,1-3H2,(H,18,19). The summed E-state index contributed by atoms with van der Waals surface area (Å²) >= 11 is 0. The lowest BCUT2D eigenvalue weighted by Gasteiger charge is -2.10. The van der Waals surface area contributed by atoms with Gasteiger partial charge in [-0.05, 0) is 37.5 Å². The molecule has 0 bridgehead atoms. The summed E-state index contributed by atoms with van der Waals surface area (Å²) in [7, 11) is 0. The van der Waals surface area contributed by atoms with Crippen LogP contribution in [0.1, 0.15) is 28.0 Å². The number of rotatable bonds is 3. The zero-order valence-corrected chi connectivity index (χ0v) is 10.5. The predicted octanol–water partition coefficient (Wildman–Crippen LogP) is 2.59. The van der Waals surface area contributed by atoms with Crippen LogP contribution >= 0.6 is 0 Å². The van der Waals surface area contributed by atoms with Crippen molar-refractivity contribution >= 4 is 5.97 Å². The van der Waals surface area contributed by atoms with Crippen molar-refractivity contribution in [2.24, 2.45) is 0 Å². The van der Waals surface area contributed by atoms with Crippen LogP contribution in [0.5, 0.6) is 11.6 Å². The summed E-state index contributed by atoms with van der Waals surface area (Å²) in [5.74, 6) is -1.44. The Morgan fingerprint density at radius 1 is 1.30 bits per heavy atom. The van der Waals surface area contributed by atoms with Crippen LogP contribution < -0.4 is 4.74 Å². The largest absolute Gasteiger partial charge is 0.478 e. The summed E-state index contributed by atoms with van der Waals surface area (Å²) in [6, 6.07) is 3.38. The predicted molar refractivity (Wildman–Crippen MR) is 67.5 cm³/mol. The van der Waals surface area contributed by atoms with Crippen molar-refractivity contribution in [1.29, 1.82) is 0 Å². The van der Waals surface area contributed by atoms with Gasteiger partial charge in [0.1, 0.15) is 23.5 Å². The molecule has 1 heterocycles. The Labute approximate surface area is 114 Å². The average Bonchev–Trinajstić information content (AvgIpc) is 2.90. The number of carboxylic acid groups (broad SMARTS) is 1. The third-order valence-corrected chi connectivity index (χ3v) is 3.21. The molecule has 1 aromatic heterocycles. The minimum Gasteiger partial charge on any atom is -0.478 e. The van der Waals surface area contributed by atoms with Gasteiger partial charge in [0.15, 0.2) is 0 Å². The van der Waals surface area contributed by atoms with Crippen LogP contribution in [-0.4, -0.2) is 21.0 Å². The lowest BCUT2D eigenvalue weighted by molar-refractivity contribution is 0.0693. The molecule has 6 heteroatoms. The number of fused-ring (bicyclic) bond motifs is 1. The van der Waals surface area contributed by atoms with Crippen LogP contribution in [0, 0.1) is 5.82 Å². The van der Waals surface area contributed by atoms with E-state index < -0.39 is 11.8 Å². The van der Waals surface area contributed by atoms with E-state index in [0.717, 1.165) is 42.7 Å². The molecular weight excluding hydrogens is 263 g/mol. The smallest absolute Gasteiger partial charge is 0.339 e. The summed E-state index contributed by atoms with van der Waals surface area (Å²) in [5.41, 5.74) is 1.59. The van der Waals surface area contributed by atoms with Crippen LogP contribution in [0.25, 0.3) is 0 Å². The number of carboxylic acids is 1. The minimum absolute atomic E-state index is 0.0756. The van der Waals surface area contributed by atoms with E-state index in [9.17, 15) is 9.18 Å². The number of benzene rings is 1. The zero-order valence-electron chi connectivity index (χ0n) is 10.5. The molecule has 1 aliphatic rings. The topological polar surface area (TPSA) is 72.3 Å². The number of aryl methyl sites for hydroxylation is 1. The van der Waals surface area contributed by atoms with Crippen molar-refractivity contribution in [3.05, 3.63) is 47.2 Å². The van der Waals surface area contributed by atoms with Crippen molar-refractivity contribution in [2.75, 3.05) is 0 Å². The van der Waals surface area contributed by atoms with Gasteiger partial charge in [0.25, 0.3) is 0 Å². The minimum atomic E-state index is -1.25. The van der Waals surface area contributed by atoms with Gasteiger partial charge in [-0.3, -0.25) is 0 Å². The third-order valence-electron chi connectivity index (χ3n) is 3.21. The molecule has 102 valence electrons. The van der Waals surface area contributed by atoms with Crippen molar-refractivity contribution in [1.82, 2.24) is 9.97 Å². The lowest BCUT2D eigenvalue weighted by Crippen LogP contribution is -2.03. The molecule has 0 spiro atoms. The molecule has 0 aliphatic heterocycles. The fraction of sp³-hybridized carbons (Fsp3) is 0.214. The summed E-state index contributed by atoms with van der Waals surface area (Å²) < 4.78 is 18.7. The lowest BCUT2D eigenvalue weighted by atomic mass is 10.2. The first kappa shape index (κ1) is 12.5. The Morgan fingerprint density at radius 3 is 2.95 bits per heavy atom. The monoisotopic (exact) mass is 274 g/mol. The Balaban J connectivity index is 2.00. The highest BCUT2D eigenvalue weighted by Crippen LogP contribution is 2.32. The molecule has 1 aliphatic carbocycles. The first-order valence-electron chi connectivity index (χ1n) is 6.18. The number of aromatic nitrogens is 2. The fourth-order valence-corrected chi connectivity index (χ4v) is 2.28. The second-order valence-electron chi connectivity index (χ2n) is 4.51. The Kier molecular flexibility index (Phi) is 3.06. The average molecular weight is 274 g/mol. The quantitative estimate of drug-likeness (QED) is 0.931. The second-order valence-corrected chi connectivity index (χ2v) is 4.51. The van der Waals surface area contributed by atoms with E-state index in [-0.39, 0.29) is 11.3 Å². The van der Waals surface area contributed by atoms with Gasteiger partial charge in [-0.25, -0.2) is 19.2 Å². The molecule has 1 aromatic carbocycles.